The first-order chi connectivity index (χ1) is 8.49. The van der Waals surface area contributed by atoms with Gasteiger partial charge in [0.2, 0.25) is 0 Å². The fourth-order valence-corrected chi connectivity index (χ4v) is 1.65. The van der Waals surface area contributed by atoms with Gasteiger partial charge in [-0.15, -0.1) is 0 Å². The molecule has 0 aliphatic heterocycles. The van der Waals surface area contributed by atoms with Crippen LogP contribution in [0.1, 0.15) is 17.5 Å². The van der Waals surface area contributed by atoms with Crippen LogP contribution in [0.3, 0.4) is 0 Å². The van der Waals surface area contributed by atoms with Crippen LogP contribution in [-0.4, -0.2) is 14.7 Å². The molecule has 0 aliphatic carbocycles. The molecule has 0 spiro atoms. The summed E-state index contributed by atoms with van der Waals surface area (Å²) in [5.41, 5.74) is -0.0191. The number of nitrogens with zero attached hydrogens (tertiary/aromatic N) is 2. The maximum absolute atomic E-state index is 13.0. The number of imidazole rings is 1. The zero-order valence-electron chi connectivity index (χ0n) is 9.57. The van der Waals surface area contributed by atoms with Gasteiger partial charge in [-0.1, -0.05) is 0 Å². The summed E-state index contributed by atoms with van der Waals surface area (Å²) >= 11 is 0. The predicted molar refractivity (Wildman–Crippen MR) is 58.2 cm³/mol. The molecule has 2 rings (SSSR count). The fourth-order valence-electron chi connectivity index (χ4n) is 1.65. The van der Waals surface area contributed by atoms with Crippen molar-refractivity contribution >= 4 is 0 Å². The topological polar surface area (TPSA) is 38.0 Å². The SMILES string of the molecule is Cn1ccnc1CC(O)c1cc(F)c(F)c(F)c1. The van der Waals surface area contributed by atoms with Gasteiger partial charge in [0, 0.05) is 25.9 Å². The van der Waals surface area contributed by atoms with E-state index in [0.29, 0.717) is 5.82 Å². The Labute approximate surface area is 102 Å². The molecule has 1 heterocycles. The second kappa shape index (κ2) is 4.81. The van der Waals surface area contributed by atoms with Gasteiger partial charge in [0.1, 0.15) is 5.82 Å². The Morgan fingerprint density at radius 3 is 2.39 bits per heavy atom. The van der Waals surface area contributed by atoms with Crippen molar-refractivity contribution < 1.29 is 18.3 Å². The summed E-state index contributed by atoms with van der Waals surface area (Å²) in [6, 6.07) is 1.57. The van der Waals surface area contributed by atoms with E-state index in [1.54, 1.807) is 24.0 Å². The molecular formula is C12H11F3N2O. The number of hydrogen-bond donors (Lipinski definition) is 1. The minimum atomic E-state index is -1.54. The second-order valence-electron chi connectivity index (χ2n) is 3.97. The molecular weight excluding hydrogens is 245 g/mol. The highest BCUT2D eigenvalue weighted by Gasteiger charge is 2.17. The average molecular weight is 256 g/mol. The molecule has 0 saturated heterocycles. The standard InChI is InChI=1S/C12H11F3N2O/c1-17-3-2-16-11(17)6-10(18)7-4-8(13)12(15)9(14)5-7/h2-5,10,18H,6H2,1H3. The van der Waals surface area contributed by atoms with Crippen LogP contribution >= 0.6 is 0 Å². The summed E-state index contributed by atoms with van der Waals surface area (Å²) in [4.78, 5) is 3.99. The van der Waals surface area contributed by atoms with Gasteiger partial charge in [-0.25, -0.2) is 18.2 Å². The van der Waals surface area contributed by atoms with E-state index in [0.717, 1.165) is 12.1 Å². The molecule has 96 valence electrons. The second-order valence-corrected chi connectivity index (χ2v) is 3.97. The zero-order valence-corrected chi connectivity index (χ0v) is 9.57. The van der Waals surface area contributed by atoms with Crippen LogP contribution in [0.4, 0.5) is 13.2 Å². The van der Waals surface area contributed by atoms with E-state index in [1.807, 2.05) is 0 Å². The molecule has 0 saturated carbocycles. The molecule has 1 N–H and O–H groups in total. The number of aliphatic hydroxyl groups excluding tert-OH is 1. The van der Waals surface area contributed by atoms with Crippen LogP contribution in [-0.2, 0) is 13.5 Å². The van der Waals surface area contributed by atoms with Crippen LogP contribution in [0, 0.1) is 17.5 Å². The summed E-state index contributed by atoms with van der Waals surface area (Å²) in [7, 11) is 1.74. The number of hydrogen-bond acceptors (Lipinski definition) is 2. The van der Waals surface area contributed by atoms with Crippen molar-refractivity contribution in [3.05, 3.63) is 53.4 Å². The Morgan fingerprint density at radius 2 is 1.89 bits per heavy atom. The van der Waals surface area contributed by atoms with E-state index < -0.39 is 23.6 Å². The molecule has 1 aromatic heterocycles. The summed E-state index contributed by atoms with van der Waals surface area (Å²) in [5, 5.41) is 9.85. The van der Waals surface area contributed by atoms with Crippen LogP contribution in [0.5, 0.6) is 0 Å². The number of aryl methyl sites for hydroxylation is 1. The van der Waals surface area contributed by atoms with Crippen molar-refractivity contribution in [3.8, 4) is 0 Å². The third-order valence-corrected chi connectivity index (χ3v) is 2.69. The summed E-state index contributed by atoms with van der Waals surface area (Å²) in [6.07, 6.45) is 2.19. The first kappa shape index (κ1) is 12.6. The highest BCUT2D eigenvalue weighted by atomic mass is 19.2. The quantitative estimate of drug-likeness (QED) is 0.854. The molecule has 1 atom stereocenters. The van der Waals surface area contributed by atoms with E-state index in [2.05, 4.69) is 4.98 Å². The lowest BCUT2D eigenvalue weighted by Crippen LogP contribution is -2.08. The summed E-state index contributed by atoms with van der Waals surface area (Å²) in [6.45, 7) is 0. The van der Waals surface area contributed by atoms with Gasteiger partial charge < -0.3 is 9.67 Å². The molecule has 1 aromatic carbocycles. The van der Waals surface area contributed by atoms with E-state index in [9.17, 15) is 18.3 Å². The number of benzene rings is 1. The minimum absolute atomic E-state index is 0.0191. The molecule has 6 heteroatoms. The largest absolute Gasteiger partial charge is 0.388 e. The molecule has 18 heavy (non-hydrogen) atoms. The first-order valence-electron chi connectivity index (χ1n) is 5.27. The molecule has 2 aromatic rings. The van der Waals surface area contributed by atoms with Crippen molar-refractivity contribution in [2.45, 2.75) is 12.5 Å². The van der Waals surface area contributed by atoms with E-state index >= 15 is 0 Å². The van der Waals surface area contributed by atoms with Crippen molar-refractivity contribution in [2.24, 2.45) is 7.05 Å². The Bertz CT molecular complexity index is 545. The van der Waals surface area contributed by atoms with Crippen molar-refractivity contribution in [1.29, 1.82) is 0 Å². The maximum atomic E-state index is 13.0. The number of aliphatic hydroxyl groups is 1. The molecule has 0 fully saturated rings. The van der Waals surface area contributed by atoms with Crippen molar-refractivity contribution in [2.75, 3.05) is 0 Å². The van der Waals surface area contributed by atoms with Gasteiger partial charge >= 0.3 is 0 Å². The number of halogens is 3. The number of aromatic nitrogens is 2. The van der Waals surface area contributed by atoms with Crippen molar-refractivity contribution in [3.63, 3.8) is 0 Å². The lowest BCUT2D eigenvalue weighted by molar-refractivity contribution is 0.173. The Morgan fingerprint density at radius 1 is 1.28 bits per heavy atom. The van der Waals surface area contributed by atoms with E-state index in [4.69, 9.17) is 0 Å². The Kier molecular flexibility index (Phi) is 3.38. The average Bonchev–Trinajstić information content (AvgIpc) is 2.71. The monoisotopic (exact) mass is 256 g/mol. The molecule has 3 nitrogen and oxygen atoms in total. The van der Waals surface area contributed by atoms with Gasteiger partial charge in [-0.2, -0.15) is 0 Å². The van der Waals surface area contributed by atoms with Gasteiger partial charge in [-0.3, -0.25) is 0 Å². The highest BCUT2D eigenvalue weighted by Crippen LogP contribution is 2.21. The molecule has 0 radical (unpaired) electrons. The third-order valence-electron chi connectivity index (χ3n) is 2.69. The smallest absolute Gasteiger partial charge is 0.194 e. The summed E-state index contributed by atoms with van der Waals surface area (Å²) < 4.78 is 40.5. The molecule has 0 amide bonds. The Balaban J connectivity index is 2.24. The lowest BCUT2D eigenvalue weighted by atomic mass is 10.1. The third kappa shape index (κ3) is 2.38. The Hall–Kier alpha value is -1.82. The van der Waals surface area contributed by atoms with Crippen LogP contribution in [0.15, 0.2) is 24.5 Å². The van der Waals surface area contributed by atoms with Crippen molar-refractivity contribution in [1.82, 2.24) is 9.55 Å². The van der Waals surface area contributed by atoms with Gasteiger partial charge in [0.15, 0.2) is 17.5 Å². The lowest BCUT2D eigenvalue weighted by Gasteiger charge is -2.11. The first-order valence-corrected chi connectivity index (χ1v) is 5.27. The van der Waals surface area contributed by atoms with Crippen LogP contribution in [0.2, 0.25) is 0 Å². The predicted octanol–water partition coefficient (Wildman–Crippen LogP) is 2.11. The molecule has 0 aliphatic rings. The fraction of sp³-hybridized carbons (Fsp3) is 0.250. The number of rotatable bonds is 3. The highest BCUT2D eigenvalue weighted by molar-refractivity contribution is 5.22. The van der Waals surface area contributed by atoms with Gasteiger partial charge in [0.25, 0.3) is 0 Å². The van der Waals surface area contributed by atoms with Crippen LogP contribution < -0.4 is 0 Å². The minimum Gasteiger partial charge on any atom is -0.388 e. The van der Waals surface area contributed by atoms with Gasteiger partial charge in [0.05, 0.1) is 6.10 Å². The normalized spacial score (nSPS) is 12.7. The van der Waals surface area contributed by atoms with Gasteiger partial charge in [-0.05, 0) is 17.7 Å². The molecule has 1 unspecified atom stereocenters. The van der Waals surface area contributed by atoms with E-state index in [1.165, 1.54) is 0 Å². The summed E-state index contributed by atoms with van der Waals surface area (Å²) in [5.74, 6) is -3.61. The van der Waals surface area contributed by atoms with Crippen LogP contribution in [0.25, 0.3) is 0 Å². The zero-order chi connectivity index (χ0) is 13.3. The van der Waals surface area contributed by atoms with E-state index in [-0.39, 0.29) is 12.0 Å². The maximum Gasteiger partial charge on any atom is 0.194 e. The molecule has 0 bridgehead atoms.